The van der Waals surface area contributed by atoms with Crippen LogP contribution in [-0.4, -0.2) is 24.5 Å². The van der Waals surface area contributed by atoms with Gasteiger partial charge in [0, 0.05) is 6.42 Å². The lowest BCUT2D eigenvalue weighted by Gasteiger charge is -2.06. The molecule has 0 atom stereocenters. The molecule has 82 valence electrons. The van der Waals surface area contributed by atoms with Crippen molar-refractivity contribution in [2.45, 2.75) is 32.4 Å². The van der Waals surface area contributed by atoms with Gasteiger partial charge in [-0.25, -0.2) is 0 Å². The second-order valence-corrected chi connectivity index (χ2v) is 2.74. The number of halogens is 3. The molecule has 14 heavy (non-hydrogen) atoms. The molecule has 0 N–H and O–H groups in total. The molecule has 0 spiro atoms. The van der Waals surface area contributed by atoms with Gasteiger partial charge < -0.3 is 4.74 Å². The highest BCUT2D eigenvalue weighted by molar-refractivity contribution is 5.95. The van der Waals surface area contributed by atoms with Gasteiger partial charge in [-0.2, -0.15) is 13.2 Å². The van der Waals surface area contributed by atoms with Gasteiger partial charge in [0.15, 0.2) is 6.61 Å². The third-order valence-electron chi connectivity index (χ3n) is 1.27. The topological polar surface area (TPSA) is 43.4 Å². The summed E-state index contributed by atoms with van der Waals surface area (Å²) < 4.78 is 38.5. The lowest BCUT2D eigenvalue weighted by Crippen LogP contribution is -2.21. The predicted octanol–water partition coefficient (Wildman–Crippen LogP) is 1.85. The zero-order chi connectivity index (χ0) is 11.2. The van der Waals surface area contributed by atoms with Gasteiger partial charge in [-0.05, 0) is 6.42 Å². The molecule has 6 heteroatoms. The fourth-order valence-corrected chi connectivity index (χ4v) is 0.742. The maximum atomic E-state index is 11.5. The number of Topliss-reactive ketones (excluding diaryl/α,β-unsaturated/α-hetero) is 1. The number of esters is 1. The van der Waals surface area contributed by atoms with Crippen LogP contribution in [-0.2, 0) is 14.3 Å². The standard InChI is InChI=1S/C8H11F3O3/c1-2-3-6(12)4-7(13)14-5-8(9,10)11/h2-5H2,1H3. The molecule has 0 heterocycles. The highest BCUT2D eigenvalue weighted by Gasteiger charge is 2.29. The Morgan fingerprint density at radius 2 is 1.86 bits per heavy atom. The third-order valence-corrected chi connectivity index (χ3v) is 1.27. The second-order valence-electron chi connectivity index (χ2n) is 2.74. The molecule has 0 aliphatic carbocycles. The fourth-order valence-electron chi connectivity index (χ4n) is 0.742. The summed E-state index contributed by atoms with van der Waals surface area (Å²) in [4.78, 5) is 21.4. The molecule has 0 aliphatic rings. The van der Waals surface area contributed by atoms with Crippen molar-refractivity contribution in [2.75, 3.05) is 6.61 Å². The molecule has 0 aromatic heterocycles. The second kappa shape index (κ2) is 5.62. The maximum absolute atomic E-state index is 11.5. The van der Waals surface area contributed by atoms with E-state index in [0.717, 1.165) is 0 Å². The van der Waals surface area contributed by atoms with E-state index < -0.39 is 31.0 Å². The zero-order valence-corrected chi connectivity index (χ0v) is 7.69. The Hall–Kier alpha value is -1.07. The van der Waals surface area contributed by atoms with Crippen molar-refractivity contribution in [3.05, 3.63) is 0 Å². The summed E-state index contributed by atoms with van der Waals surface area (Å²) >= 11 is 0. The normalized spacial score (nSPS) is 11.1. The number of hydrogen-bond donors (Lipinski definition) is 0. The number of ketones is 1. The highest BCUT2D eigenvalue weighted by Crippen LogP contribution is 2.14. The summed E-state index contributed by atoms with van der Waals surface area (Å²) in [5, 5.41) is 0. The average molecular weight is 212 g/mol. The molecule has 0 aliphatic heterocycles. The van der Waals surface area contributed by atoms with Crippen molar-refractivity contribution < 1.29 is 27.5 Å². The van der Waals surface area contributed by atoms with E-state index in [0.29, 0.717) is 6.42 Å². The zero-order valence-electron chi connectivity index (χ0n) is 7.69. The van der Waals surface area contributed by atoms with E-state index in [-0.39, 0.29) is 6.42 Å². The van der Waals surface area contributed by atoms with Crippen molar-refractivity contribution >= 4 is 11.8 Å². The first kappa shape index (κ1) is 12.9. The van der Waals surface area contributed by atoms with Crippen molar-refractivity contribution in [2.24, 2.45) is 0 Å². The van der Waals surface area contributed by atoms with Crippen LogP contribution in [0.1, 0.15) is 26.2 Å². The van der Waals surface area contributed by atoms with Crippen LogP contribution in [0.3, 0.4) is 0 Å². The molecule has 0 fully saturated rings. The van der Waals surface area contributed by atoms with Crippen molar-refractivity contribution in [3.63, 3.8) is 0 Å². The Balaban J connectivity index is 3.71. The monoisotopic (exact) mass is 212 g/mol. The van der Waals surface area contributed by atoms with Crippen LogP contribution in [0.4, 0.5) is 13.2 Å². The lowest BCUT2D eigenvalue weighted by atomic mass is 10.2. The first-order valence-electron chi connectivity index (χ1n) is 4.09. The smallest absolute Gasteiger partial charge is 0.422 e. The summed E-state index contributed by atoms with van der Waals surface area (Å²) in [5.74, 6) is -1.53. The van der Waals surface area contributed by atoms with Gasteiger partial charge in [0.1, 0.15) is 12.2 Å². The summed E-state index contributed by atoms with van der Waals surface area (Å²) in [6, 6.07) is 0. The van der Waals surface area contributed by atoms with Gasteiger partial charge >= 0.3 is 12.1 Å². The molecule has 0 bridgehead atoms. The SMILES string of the molecule is CCCC(=O)CC(=O)OCC(F)(F)F. The molecule has 0 rings (SSSR count). The molecule has 0 saturated heterocycles. The molecule has 0 aromatic carbocycles. The number of rotatable bonds is 5. The Morgan fingerprint density at radius 3 is 2.29 bits per heavy atom. The van der Waals surface area contributed by atoms with Crippen LogP contribution in [0.15, 0.2) is 0 Å². The Bertz CT molecular complexity index is 210. The van der Waals surface area contributed by atoms with Crippen LogP contribution in [0, 0.1) is 0 Å². The number of ether oxygens (including phenoxy) is 1. The predicted molar refractivity (Wildman–Crippen MR) is 41.5 cm³/mol. The van der Waals surface area contributed by atoms with Gasteiger partial charge in [-0.15, -0.1) is 0 Å². The fraction of sp³-hybridized carbons (Fsp3) is 0.750. The molecule has 0 amide bonds. The van der Waals surface area contributed by atoms with Crippen LogP contribution in [0.5, 0.6) is 0 Å². The van der Waals surface area contributed by atoms with E-state index in [1.165, 1.54) is 0 Å². The van der Waals surface area contributed by atoms with E-state index in [9.17, 15) is 22.8 Å². The van der Waals surface area contributed by atoms with Gasteiger partial charge in [0.05, 0.1) is 0 Å². The third kappa shape index (κ3) is 7.57. The quantitative estimate of drug-likeness (QED) is 0.516. The largest absolute Gasteiger partial charge is 0.456 e. The molecule has 0 unspecified atom stereocenters. The molecule has 0 radical (unpaired) electrons. The molecule has 0 aromatic rings. The van der Waals surface area contributed by atoms with Crippen LogP contribution in [0.2, 0.25) is 0 Å². The first-order valence-corrected chi connectivity index (χ1v) is 4.09. The molecular weight excluding hydrogens is 201 g/mol. The molecular formula is C8H11F3O3. The van der Waals surface area contributed by atoms with Crippen molar-refractivity contribution in [1.29, 1.82) is 0 Å². The van der Waals surface area contributed by atoms with E-state index in [1.54, 1.807) is 6.92 Å². The maximum Gasteiger partial charge on any atom is 0.422 e. The van der Waals surface area contributed by atoms with E-state index in [4.69, 9.17) is 0 Å². The van der Waals surface area contributed by atoms with Crippen molar-refractivity contribution in [3.8, 4) is 0 Å². The van der Waals surface area contributed by atoms with Crippen LogP contribution in [0.25, 0.3) is 0 Å². The Kier molecular flexibility index (Phi) is 5.19. The van der Waals surface area contributed by atoms with Crippen LogP contribution < -0.4 is 0 Å². The Morgan fingerprint density at radius 1 is 1.29 bits per heavy atom. The van der Waals surface area contributed by atoms with E-state index >= 15 is 0 Å². The van der Waals surface area contributed by atoms with Crippen LogP contribution >= 0.6 is 0 Å². The van der Waals surface area contributed by atoms with Gasteiger partial charge in [0.25, 0.3) is 0 Å². The van der Waals surface area contributed by atoms with Crippen molar-refractivity contribution in [1.82, 2.24) is 0 Å². The minimum absolute atomic E-state index is 0.182. The summed E-state index contributed by atoms with van der Waals surface area (Å²) in [6.07, 6.45) is -4.38. The number of carbonyl (C=O) groups is 2. The highest BCUT2D eigenvalue weighted by atomic mass is 19.4. The first-order chi connectivity index (χ1) is 6.35. The summed E-state index contributed by atoms with van der Waals surface area (Å²) in [5.41, 5.74) is 0. The Labute approximate surface area is 79.2 Å². The molecule has 0 saturated carbocycles. The minimum Gasteiger partial charge on any atom is -0.456 e. The van der Waals surface area contributed by atoms with Gasteiger partial charge in [0.2, 0.25) is 0 Å². The minimum atomic E-state index is -4.54. The average Bonchev–Trinajstić information content (AvgIpc) is 2.00. The van der Waals surface area contributed by atoms with E-state index in [2.05, 4.69) is 4.74 Å². The number of carbonyl (C=O) groups excluding carboxylic acids is 2. The van der Waals surface area contributed by atoms with E-state index in [1.807, 2.05) is 0 Å². The summed E-state index contributed by atoms with van der Waals surface area (Å²) in [6.45, 7) is 0.101. The number of hydrogen-bond acceptors (Lipinski definition) is 3. The summed E-state index contributed by atoms with van der Waals surface area (Å²) in [7, 11) is 0. The van der Waals surface area contributed by atoms with Gasteiger partial charge in [-0.3, -0.25) is 9.59 Å². The lowest BCUT2D eigenvalue weighted by molar-refractivity contribution is -0.186. The molecule has 3 nitrogen and oxygen atoms in total. The number of alkyl halides is 3. The van der Waals surface area contributed by atoms with Gasteiger partial charge in [-0.1, -0.05) is 6.92 Å².